The quantitative estimate of drug-likeness (QED) is 0.247. The zero-order chi connectivity index (χ0) is 22.1. The predicted octanol–water partition coefficient (Wildman–Crippen LogP) is 2.04. The first kappa shape index (κ1) is 23.3. The number of fused-ring (bicyclic) bond motifs is 1. The second-order valence-corrected chi connectivity index (χ2v) is 12.1. The average Bonchev–Trinajstić information content (AvgIpc) is 3.14. The van der Waals surface area contributed by atoms with E-state index >= 15 is 0 Å². The van der Waals surface area contributed by atoms with Crippen LogP contribution in [0.4, 0.5) is 5.69 Å². The van der Waals surface area contributed by atoms with Crippen molar-refractivity contribution in [2.24, 2.45) is 0 Å². The van der Waals surface area contributed by atoms with Gasteiger partial charge in [0.05, 0.1) is 0 Å². The van der Waals surface area contributed by atoms with Crippen molar-refractivity contribution in [3.05, 3.63) is 39.3 Å². The van der Waals surface area contributed by atoms with Crippen LogP contribution >= 0.6 is 24.0 Å². The topological polar surface area (TPSA) is 87.2 Å². The van der Waals surface area contributed by atoms with Crippen LogP contribution in [0.25, 0.3) is 0 Å². The molecule has 3 rings (SSSR count). The fourth-order valence-electron chi connectivity index (χ4n) is 3.15. The van der Waals surface area contributed by atoms with Gasteiger partial charge in [-0.3, -0.25) is 0 Å². The van der Waals surface area contributed by atoms with E-state index < -0.39 is 10.1 Å². The fraction of sp³-hybridized carbons (Fsp3) is 0.368. The molecule has 0 atom stereocenters. The van der Waals surface area contributed by atoms with Crippen molar-refractivity contribution >= 4 is 69.4 Å². The molecule has 0 unspecified atom stereocenters. The Morgan fingerprint density at radius 3 is 2.63 bits per heavy atom. The summed E-state index contributed by atoms with van der Waals surface area (Å²) >= 11 is 6.51. The van der Waals surface area contributed by atoms with Gasteiger partial charge in [-0.2, -0.15) is 0 Å². The van der Waals surface area contributed by atoms with Gasteiger partial charge in [-0.1, -0.05) is 0 Å². The third kappa shape index (κ3) is 5.09. The molecule has 2 aliphatic heterocycles. The minimum atomic E-state index is -4.02. The summed E-state index contributed by atoms with van der Waals surface area (Å²) in [5.41, 5.74) is 1.99. The summed E-state index contributed by atoms with van der Waals surface area (Å²) in [4.78, 5) is 16.7. The van der Waals surface area contributed by atoms with Crippen LogP contribution in [0.5, 0.6) is 5.75 Å². The van der Waals surface area contributed by atoms with E-state index in [0.717, 1.165) is 26.1 Å². The van der Waals surface area contributed by atoms with Gasteiger partial charge in [0.15, 0.2) is 0 Å². The number of benzene rings is 1. The number of rotatable bonds is 7. The molecule has 1 saturated heterocycles. The van der Waals surface area contributed by atoms with E-state index in [1.807, 2.05) is 32.1 Å². The number of carbonyl (C=O) groups is 1. The Bertz CT molecular complexity index is 1050. The molecule has 2 heterocycles. The monoisotopic (exact) mass is 534 g/mol. The Labute approximate surface area is 192 Å². The summed E-state index contributed by atoms with van der Waals surface area (Å²) < 4.78 is 39.5. The Hall–Kier alpha value is -1.36. The summed E-state index contributed by atoms with van der Waals surface area (Å²) in [6.07, 6.45) is 3.99. The molecule has 1 N–H and O–H groups in total. The van der Waals surface area contributed by atoms with Gasteiger partial charge in [0, 0.05) is 0 Å². The van der Waals surface area contributed by atoms with E-state index in [9.17, 15) is 13.2 Å². The van der Waals surface area contributed by atoms with Crippen molar-refractivity contribution in [3.63, 3.8) is 0 Å². The minimum absolute atomic E-state index is 0.0390. The third-order valence-corrected chi connectivity index (χ3v) is 9.13. The number of ether oxygens (including phenoxy) is 1. The second-order valence-electron chi connectivity index (χ2n) is 6.64. The molecule has 1 aromatic carbocycles. The van der Waals surface area contributed by atoms with Gasteiger partial charge in [0.2, 0.25) is 0 Å². The van der Waals surface area contributed by atoms with E-state index in [0.29, 0.717) is 22.3 Å². The van der Waals surface area contributed by atoms with Gasteiger partial charge in [-0.25, -0.2) is 0 Å². The van der Waals surface area contributed by atoms with Crippen LogP contribution < -0.4 is 14.1 Å². The molecule has 11 heteroatoms. The molecule has 2 aliphatic rings. The number of hydrogen-bond acceptors (Lipinski definition) is 7. The van der Waals surface area contributed by atoms with Crippen molar-refractivity contribution in [2.75, 3.05) is 30.9 Å². The molecule has 0 bridgehead atoms. The van der Waals surface area contributed by atoms with Crippen LogP contribution in [0, 0.1) is 6.92 Å². The summed E-state index contributed by atoms with van der Waals surface area (Å²) in [6.45, 7) is 4.82. The van der Waals surface area contributed by atoms with Gasteiger partial charge >= 0.3 is 193 Å². The van der Waals surface area contributed by atoms with Crippen LogP contribution in [0.2, 0.25) is 0 Å². The van der Waals surface area contributed by atoms with Crippen LogP contribution in [0.1, 0.15) is 18.9 Å². The van der Waals surface area contributed by atoms with Crippen molar-refractivity contribution in [3.8, 4) is 5.75 Å². The van der Waals surface area contributed by atoms with Gasteiger partial charge in [0.1, 0.15) is 0 Å². The Morgan fingerprint density at radius 1 is 1.30 bits per heavy atom. The maximum absolute atomic E-state index is 12.5. The predicted molar refractivity (Wildman–Crippen MR) is 125 cm³/mol. The zero-order valence-electron chi connectivity index (χ0n) is 16.7. The van der Waals surface area contributed by atoms with Crippen LogP contribution in [0.15, 0.2) is 33.8 Å². The fourth-order valence-corrected chi connectivity index (χ4v) is 7.28. The molecule has 0 aromatic heterocycles. The molecule has 0 radical (unpaired) electrons. The first-order valence-corrected chi connectivity index (χ1v) is 13.7. The first-order chi connectivity index (χ1) is 14.1. The molecule has 30 heavy (non-hydrogen) atoms. The van der Waals surface area contributed by atoms with E-state index in [2.05, 4.69) is 4.90 Å². The molecule has 7 nitrogen and oxygen atoms in total. The molecule has 1 fully saturated rings. The number of thioether (sulfide) groups is 1. The van der Waals surface area contributed by atoms with Crippen LogP contribution in [-0.2, 0) is 14.9 Å². The molecule has 0 aliphatic carbocycles. The molecule has 0 saturated carbocycles. The summed E-state index contributed by atoms with van der Waals surface area (Å²) in [7, 11) is -2.39. The number of anilines is 1. The number of aryl methyl sites for hydroxylation is 1. The van der Waals surface area contributed by atoms with Gasteiger partial charge < -0.3 is 0 Å². The normalized spacial score (nSPS) is 19.3. The molecular weight excluding hydrogens is 511 g/mol. The van der Waals surface area contributed by atoms with Crippen molar-refractivity contribution in [1.29, 1.82) is 0 Å². The zero-order valence-corrected chi connectivity index (χ0v) is 20.9. The number of allylic oxidation sites excluding steroid dienone is 2. The Kier molecular flexibility index (Phi) is 7.32. The van der Waals surface area contributed by atoms with Gasteiger partial charge in [-0.05, 0) is 0 Å². The van der Waals surface area contributed by atoms with E-state index in [4.69, 9.17) is 21.5 Å². The standard InChI is InChI=1S/C19H22N2O5S3Se/c1-4-20-18(22)15(28-19(20)27)6-7-17-21(8-5-9-29(23,24)25)13-10-12(2)14(26-3)11-16(13)30-17/h6-7,10-11H,4-5,8-9H2,1-3H3,(H,23,24,25)/b15-6-,17-7+. The van der Waals surface area contributed by atoms with Crippen molar-refractivity contribution in [1.82, 2.24) is 4.90 Å². The average molecular weight is 534 g/mol. The number of likely N-dealkylation sites (N-methyl/N-ethyl adjacent to an activating group) is 1. The maximum atomic E-state index is 12.5. The van der Waals surface area contributed by atoms with Gasteiger partial charge in [0.25, 0.3) is 0 Å². The summed E-state index contributed by atoms with van der Waals surface area (Å²) in [5.74, 6) is 0.407. The first-order valence-electron chi connectivity index (χ1n) is 9.19. The number of hydrogen-bond donors (Lipinski definition) is 1. The van der Waals surface area contributed by atoms with Crippen LogP contribution in [0.3, 0.4) is 0 Å². The summed E-state index contributed by atoms with van der Waals surface area (Å²) in [5, 5.41) is 0. The molecular formula is C19H22N2O5S3Se. The SMILES string of the molecule is CCN1C(=O)/C(=C/C=C2/[Se]c3cc(OC)c(C)cc3N2CCCS(=O)(=O)O)SC1=S. The molecule has 0 spiro atoms. The second kappa shape index (κ2) is 9.42. The van der Waals surface area contributed by atoms with Crippen molar-refractivity contribution in [2.45, 2.75) is 20.3 Å². The number of amides is 1. The van der Waals surface area contributed by atoms with E-state index in [1.54, 1.807) is 18.1 Å². The number of methoxy groups -OCH3 is 1. The van der Waals surface area contributed by atoms with E-state index in [1.165, 1.54) is 11.8 Å². The van der Waals surface area contributed by atoms with Crippen LogP contribution in [-0.4, -0.2) is 69.0 Å². The van der Waals surface area contributed by atoms with Crippen molar-refractivity contribution < 1.29 is 22.5 Å². The number of nitrogens with zero attached hydrogens (tertiary/aromatic N) is 2. The molecule has 162 valence electrons. The molecule has 1 amide bonds. The number of carbonyl (C=O) groups excluding carboxylic acids is 1. The molecule has 1 aromatic rings. The van der Waals surface area contributed by atoms with Gasteiger partial charge in [-0.15, -0.1) is 0 Å². The Morgan fingerprint density at radius 2 is 2.03 bits per heavy atom. The third-order valence-electron chi connectivity index (χ3n) is 4.60. The van der Waals surface area contributed by atoms with E-state index in [-0.39, 0.29) is 33.0 Å². The Balaban J connectivity index is 1.91. The number of thiocarbonyl (C=S) groups is 1. The summed E-state index contributed by atoms with van der Waals surface area (Å²) in [6, 6.07) is 4.04.